The first-order valence-corrected chi connectivity index (χ1v) is 6.15. The van der Waals surface area contributed by atoms with Crippen molar-refractivity contribution in [2.75, 3.05) is 18.8 Å². The second-order valence-electron chi connectivity index (χ2n) is 3.15. The molecule has 0 saturated heterocycles. The molecule has 1 rings (SSSR count). The summed E-state index contributed by atoms with van der Waals surface area (Å²) in [5, 5.41) is 3.38. The molecule has 1 heterocycles. The average Bonchev–Trinajstić information content (AvgIpc) is 2.55. The third kappa shape index (κ3) is 5.23. The molecule has 1 aromatic rings. The minimum atomic E-state index is 0.728. The lowest BCUT2D eigenvalue weighted by atomic mass is 10.2. The number of nitrogens with one attached hydrogen (secondary N) is 1. The molecule has 13 heavy (non-hydrogen) atoms. The normalized spacial score (nSPS) is 11.0. The molecule has 0 aliphatic heterocycles. The van der Waals surface area contributed by atoms with Gasteiger partial charge in [-0.3, -0.25) is 0 Å². The zero-order chi connectivity index (χ0) is 9.52. The number of aromatic nitrogens is 2. The van der Waals surface area contributed by atoms with E-state index in [1.165, 1.54) is 11.5 Å². The molecule has 0 amide bonds. The van der Waals surface area contributed by atoms with Crippen molar-refractivity contribution in [2.45, 2.75) is 18.2 Å². The first kappa shape index (κ1) is 10.9. The molecular formula is C8H15N3S2. The predicted octanol–water partition coefficient (Wildman–Crippen LogP) is 1.88. The molecule has 0 bridgehead atoms. The zero-order valence-corrected chi connectivity index (χ0v) is 9.62. The van der Waals surface area contributed by atoms with Crippen LogP contribution in [0.1, 0.15) is 13.8 Å². The van der Waals surface area contributed by atoms with E-state index in [1.807, 2.05) is 0 Å². The maximum absolute atomic E-state index is 4.09. The maximum atomic E-state index is 4.09. The van der Waals surface area contributed by atoms with Crippen molar-refractivity contribution in [3.05, 3.63) is 6.33 Å². The van der Waals surface area contributed by atoms with Crippen molar-refractivity contribution in [2.24, 2.45) is 5.92 Å². The fourth-order valence-electron chi connectivity index (χ4n) is 0.828. The molecular weight excluding hydrogens is 202 g/mol. The number of nitrogens with zero attached hydrogens (tertiary/aromatic N) is 2. The maximum Gasteiger partial charge on any atom is 0.169 e. The van der Waals surface area contributed by atoms with Crippen LogP contribution >= 0.6 is 23.3 Å². The summed E-state index contributed by atoms with van der Waals surface area (Å²) in [6, 6.07) is 0. The Labute approximate surface area is 87.5 Å². The number of thioether (sulfide) groups is 1. The highest BCUT2D eigenvalue weighted by Gasteiger charge is 1.97. The van der Waals surface area contributed by atoms with E-state index in [0.717, 1.165) is 29.1 Å². The van der Waals surface area contributed by atoms with E-state index in [9.17, 15) is 0 Å². The Morgan fingerprint density at radius 1 is 1.62 bits per heavy atom. The first-order chi connectivity index (χ1) is 6.29. The second-order valence-corrected chi connectivity index (χ2v) is 5.28. The van der Waals surface area contributed by atoms with E-state index in [-0.39, 0.29) is 0 Å². The quantitative estimate of drug-likeness (QED) is 0.583. The van der Waals surface area contributed by atoms with Gasteiger partial charge in [-0.2, -0.15) is 4.37 Å². The Morgan fingerprint density at radius 3 is 3.08 bits per heavy atom. The van der Waals surface area contributed by atoms with E-state index >= 15 is 0 Å². The smallest absolute Gasteiger partial charge is 0.169 e. The molecule has 0 aromatic carbocycles. The summed E-state index contributed by atoms with van der Waals surface area (Å²) in [7, 11) is 0. The third-order valence-corrected chi connectivity index (χ3v) is 3.20. The Morgan fingerprint density at radius 2 is 2.46 bits per heavy atom. The number of hydrogen-bond donors (Lipinski definition) is 1. The van der Waals surface area contributed by atoms with Crippen LogP contribution in [-0.4, -0.2) is 28.2 Å². The van der Waals surface area contributed by atoms with Crippen LogP contribution in [0.5, 0.6) is 0 Å². The Bertz CT molecular complexity index is 211. The van der Waals surface area contributed by atoms with Crippen LogP contribution < -0.4 is 5.32 Å². The largest absolute Gasteiger partial charge is 0.316 e. The van der Waals surface area contributed by atoms with Crippen LogP contribution in [0.3, 0.4) is 0 Å². The highest BCUT2D eigenvalue weighted by molar-refractivity contribution is 8.00. The molecule has 0 aliphatic rings. The van der Waals surface area contributed by atoms with Gasteiger partial charge < -0.3 is 5.32 Å². The molecule has 1 aromatic heterocycles. The lowest BCUT2D eigenvalue weighted by molar-refractivity contribution is 0.568. The van der Waals surface area contributed by atoms with Gasteiger partial charge in [-0.1, -0.05) is 25.6 Å². The summed E-state index contributed by atoms with van der Waals surface area (Å²) in [6.45, 7) is 6.56. The standard InChI is InChI=1S/C8H15N3S2/c1-7(2)5-9-3-4-12-8-10-6-11-13-8/h6-7,9H,3-5H2,1-2H3. The van der Waals surface area contributed by atoms with E-state index in [1.54, 1.807) is 18.1 Å². The molecule has 0 unspecified atom stereocenters. The molecule has 0 saturated carbocycles. The molecule has 0 atom stereocenters. The van der Waals surface area contributed by atoms with E-state index < -0.39 is 0 Å². The van der Waals surface area contributed by atoms with Crippen LogP contribution in [0, 0.1) is 5.92 Å². The summed E-state index contributed by atoms with van der Waals surface area (Å²) in [4.78, 5) is 4.09. The van der Waals surface area contributed by atoms with Gasteiger partial charge in [0.25, 0.3) is 0 Å². The Balaban J connectivity index is 1.96. The summed E-state index contributed by atoms with van der Waals surface area (Å²) in [5.41, 5.74) is 0. The third-order valence-electron chi connectivity index (χ3n) is 1.40. The molecule has 3 nitrogen and oxygen atoms in total. The van der Waals surface area contributed by atoms with Crippen molar-refractivity contribution < 1.29 is 0 Å². The van der Waals surface area contributed by atoms with Crippen LogP contribution in [0.15, 0.2) is 10.7 Å². The minimum Gasteiger partial charge on any atom is -0.316 e. The molecule has 5 heteroatoms. The Hall–Kier alpha value is -0.130. The lowest BCUT2D eigenvalue weighted by Crippen LogP contribution is -2.21. The van der Waals surface area contributed by atoms with Gasteiger partial charge in [0.05, 0.1) is 0 Å². The number of hydrogen-bond acceptors (Lipinski definition) is 5. The van der Waals surface area contributed by atoms with Gasteiger partial charge >= 0.3 is 0 Å². The van der Waals surface area contributed by atoms with E-state index in [4.69, 9.17) is 0 Å². The fourth-order valence-corrected chi connectivity index (χ4v) is 2.24. The fraction of sp³-hybridized carbons (Fsp3) is 0.750. The first-order valence-electron chi connectivity index (χ1n) is 4.39. The minimum absolute atomic E-state index is 0.728. The molecule has 0 radical (unpaired) electrons. The highest BCUT2D eigenvalue weighted by atomic mass is 32.2. The number of rotatable bonds is 6. The zero-order valence-electron chi connectivity index (χ0n) is 7.99. The molecule has 74 valence electrons. The van der Waals surface area contributed by atoms with Crippen molar-refractivity contribution in [3.63, 3.8) is 0 Å². The van der Waals surface area contributed by atoms with Crippen molar-refractivity contribution in [1.29, 1.82) is 0 Å². The van der Waals surface area contributed by atoms with Gasteiger partial charge in [-0.25, -0.2) is 4.98 Å². The van der Waals surface area contributed by atoms with Gasteiger partial charge in [0, 0.05) is 12.3 Å². The average molecular weight is 217 g/mol. The summed E-state index contributed by atoms with van der Waals surface area (Å²) >= 11 is 3.22. The van der Waals surface area contributed by atoms with Crippen molar-refractivity contribution in [1.82, 2.24) is 14.7 Å². The molecule has 0 fully saturated rings. The second kappa shape index (κ2) is 6.34. The van der Waals surface area contributed by atoms with Gasteiger partial charge in [0.2, 0.25) is 0 Å². The lowest BCUT2D eigenvalue weighted by Gasteiger charge is -2.05. The highest BCUT2D eigenvalue weighted by Crippen LogP contribution is 2.16. The predicted molar refractivity (Wildman–Crippen MR) is 58.3 cm³/mol. The van der Waals surface area contributed by atoms with E-state index in [0.29, 0.717) is 0 Å². The molecule has 1 N–H and O–H groups in total. The van der Waals surface area contributed by atoms with Gasteiger partial charge in [0.1, 0.15) is 6.33 Å². The van der Waals surface area contributed by atoms with Gasteiger partial charge in [0.15, 0.2) is 4.34 Å². The topological polar surface area (TPSA) is 37.8 Å². The van der Waals surface area contributed by atoms with Crippen molar-refractivity contribution in [3.8, 4) is 0 Å². The van der Waals surface area contributed by atoms with Crippen LogP contribution in [0.4, 0.5) is 0 Å². The molecule has 0 aliphatic carbocycles. The summed E-state index contributed by atoms with van der Waals surface area (Å²) in [6.07, 6.45) is 1.61. The Kier molecular flexibility index (Phi) is 5.34. The summed E-state index contributed by atoms with van der Waals surface area (Å²) < 4.78 is 5.00. The summed E-state index contributed by atoms with van der Waals surface area (Å²) in [5.74, 6) is 1.80. The molecule has 0 spiro atoms. The van der Waals surface area contributed by atoms with Gasteiger partial charge in [-0.05, 0) is 24.0 Å². The monoisotopic (exact) mass is 217 g/mol. The van der Waals surface area contributed by atoms with Crippen LogP contribution in [-0.2, 0) is 0 Å². The van der Waals surface area contributed by atoms with Crippen molar-refractivity contribution >= 4 is 23.3 Å². The van der Waals surface area contributed by atoms with Gasteiger partial charge in [-0.15, -0.1) is 0 Å². The van der Waals surface area contributed by atoms with Crippen LogP contribution in [0.25, 0.3) is 0 Å². The van der Waals surface area contributed by atoms with Crippen LogP contribution in [0.2, 0.25) is 0 Å². The van der Waals surface area contributed by atoms with E-state index in [2.05, 4.69) is 28.5 Å². The SMILES string of the molecule is CC(C)CNCCSc1ncns1.